The van der Waals surface area contributed by atoms with Crippen LogP contribution in [0.2, 0.25) is 0 Å². The number of hydrogen-bond acceptors (Lipinski definition) is 7. The molecule has 10 heteroatoms. The van der Waals surface area contributed by atoms with Gasteiger partial charge in [0.05, 0.1) is 23.8 Å². The summed E-state index contributed by atoms with van der Waals surface area (Å²) in [5.74, 6) is -1.14. The monoisotopic (exact) mass is 559 g/mol. The molecule has 10 nitrogen and oxygen atoms in total. The number of ether oxygens (including phenoxy) is 1. The lowest BCUT2D eigenvalue weighted by molar-refractivity contribution is -0.385. The average Bonchev–Trinajstić information content (AvgIpc) is 3.44. The fraction of sp³-hybridized carbons (Fsp3) is 0.125. The molecule has 208 valence electrons. The van der Waals surface area contributed by atoms with E-state index in [1.54, 1.807) is 36.9 Å². The van der Waals surface area contributed by atoms with Gasteiger partial charge in [-0.1, -0.05) is 48.5 Å². The van der Waals surface area contributed by atoms with Crippen LogP contribution in [0.1, 0.15) is 31.0 Å². The minimum absolute atomic E-state index is 0.0927. The van der Waals surface area contributed by atoms with E-state index in [1.807, 2.05) is 66.7 Å². The highest BCUT2D eigenvalue weighted by molar-refractivity contribution is 6.20. The average molecular weight is 560 g/mol. The van der Waals surface area contributed by atoms with Gasteiger partial charge in [0.25, 0.3) is 11.8 Å². The second kappa shape index (κ2) is 11.3. The van der Waals surface area contributed by atoms with Crippen LogP contribution in [-0.2, 0) is 9.59 Å². The molecule has 0 spiro atoms. The van der Waals surface area contributed by atoms with E-state index < -0.39 is 22.8 Å². The quantitative estimate of drug-likeness (QED) is 0.121. The predicted molar refractivity (Wildman–Crippen MR) is 155 cm³/mol. The van der Waals surface area contributed by atoms with Crippen molar-refractivity contribution in [3.05, 3.63) is 123 Å². The molecule has 1 unspecified atom stereocenters. The Labute approximate surface area is 241 Å². The van der Waals surface area contributed by atoms with Crippen molar-refractivity contribution in [3.63, 3.8) is 0 Å². The van der Waals surface area contributed by atoms with Crippen molar-refractivity contribution in [1.82, 2.24) is 14.7 Å². The van der Waals surface area contributed by atoms with Crippen LogP contribution < -0.4 is 4.74 Å². The highest BCUT2D eigenvalue weighted by atomic mass is 16.6. The Bertz CT molecular complexity index is 1820. The Balaban J connectivity index is 1.71. The van der Waals surface area contributed by atoms with Crippen molar-refractivity contribution < 1.29 is 19.2 Å². The van der Waals surface area contributed by atoms with Crippen LogP contribution in [0.15, 0.2) is 102 Å². The first kappa shape index (κ1) is 27.7. The molecule has 0 radical (unpaired) electrons. The molecule has 1 aliphatic rings. The Morgan fingerprint density at radius 3 is 2.31 bits per heavy atom. The van der Waals surface area contributed by atoms with Gasteiger partial charge < -0.3 is 4.74 Å². The van der Waals surface area contributed by atoms with E-state index in [2.05, 4.69) is 0 Å². The molecule has 1 atom stereocenters. The molecule has 4 aromatic rings. The maximum atomic E-state index is 13.9. The zero-order valence-corrected chi connectivity index (χ0v) is 23.0. The van der Waals surface area contributed by atoms with Gasteiger partial charge in [-0.2, -0.15) is 10.4 Å². The summed E-state index contributed by atoms with van der Waals surface area (Å²) in [6, 6.07) is 24.1. The lowest BCUT2D eigenvalue weighted by Gasteiger charge is -2.32. The first-order valence-corrected chi connectivity index (χ1v) is 13.0. The summed E-state index contributed by atoms with van der Waals surface area (Å²) in [6.45, 7) is 3.29. The summed E-state index contributed by atoms with van der Waals surface area (Å²) >= 11 is 0. The molecule has 42 heavy (non-hydrogen) atoms. The molecular weight excluding hydrogens is 534 g/mol. The Kier molecular flexibility index (Phi) is 7.49. The number of para-hydroxylation sites is 1. The lowest BCUT2D eigenvalue weighted by Crippen LogP contribution is -2.44. The number of nitro benzene ring substituents is 1. The second-order valence-corrected chi connectivity index (χ2v) is 9.59. The molecule has 0 bridgehead atoms. The van der Waals surface area contributed by atoms with Gasteiger partial charge in [0.2, 0.25) is 0 Å². The lowest BCUT2D eigenvalue weighted by atomic mass is 9.91. The minimum atomic E-state index is -0.667. The van der Waals surface area contributed by atoms with Crippen molar-refractivity contribution in [2.45, 2.75) is 19.9 Å². The minimum Gasteiger partial charge on any atom is -0.490 e. The van der Waals surface area contributed by atoms with Crippen molar-refractivity contribution in [3.8, 4) is 28.8 Å². The molecule has 3 aromatic carbocycles. The fourth-order valence-corrected chi connectivity index (χ4v) is 4.90. The van der Waals surface area contributed by atoms with Gasteiger partial charge in [0, 0.05) is 29.0 Å². The van der Waals surface area contributed by atoms with Gasteiger partial charge in [-0.25, -0.2) is 4.68 Å². The van der Waals surface area contributed by atoms with Crippen LogP contribution in [0.4, 0.5) is 5.69 Å². The largest absolute Gasteiger partial charge is 0.490 e. The number of methoxy groups -OCH3 is 1. The molecule has 0 saturated heterocycles. The van der Waals surface area contributed by atoms with Crippen LogP contribution in [0.5, 0.6) is 5.75 Å². The number of carbonyl (C=O) groups excluding carboxylic acids is 2. The Hall–Kier alpha value is -5.82. The van der Waals surface area contributed by atoms with Crippen molar-refractivity contribution in [2.75, 3.05) is 7.11 Å². The molecule has 5 rings (SSSR count). The summed E-state index contributed by atoms with van der Waals surface area (Å²) < 4.78 is 6.76. The van der Waals surface area contributed by atoms with Crippen molar-refractivity contribution in [2.24, 2.45) is 0 Å². The molecule has 2 amide bonds. The maximum Gasteiger partial charge on any atom is 0.311 e. The molecular formula is C32H25N5O5. The molecule has 0 aliphatic carbocycles. The van der Waals surface area contributed by atoms with Crippen molar-refractivity contribution >= 4 is 23.6 Å². The van der Waals surface area contributed by atoms with E-state index in [-0.39, 0.29) is 28.2 Å². The topological polar surface area (TPSA) is 131 Å². The number of imide groups is 1. The summed E-state index contributed by atoms with van der Waals surface area (Å²) in [6.07, 6.45) is 3.27. The summed E-state index contributed by atoms with van der Waals surface area (Å²) in [4.78, 5) is 39.6. The number of amides is 2. The van der Waals surface area contributed by atoms with Crippen LogP contribution in [0.3, 0.4) is 0 Å². The Morgan fingerprint density at radius 1 is 1.02 bits per heavy atom. The van der Waals surface area contributed by atoms with Crippen LogP contribution in [-0.4, -0.2) is 38.5 Å². The summed E-state index contributed by atoms with van der Waals surface area (Å²) in [7, 11) is 1.35. The smallest absolute Gasteiger partial charge is 0.311 e. The Morgan fingerprint density at radius 2 is 1.69 bits per heavy atom. The first-order valence-electron chi connectivity index (χ1n) is 13.0. The zero-order chi connectivity index (χ0) is 30.0. The van der Waals surface area contributed by atoms with E-state index in [1.165, 1.54) is 19.2 Å². The van der Waals surface area contributed by atoms with E-state index in [9.17, 15) is 25.0 Å². The molecule has 0 N–H and O–H groups in total. The third kappa shape index (κ3) is 4.95. The van der Waals surface area contributed by atoms with Gasteiger partial charge >= 0.3 is 5.69 Å². The SMILES string of the molecule is COc1ccc(-c2nn(-c3ccccc3)cc2/C=C2/C(=O)N(C(C)c3ccccc3)C(=O)C(C#N)=C2C)cc1[N+](=O)[O-]. The van der Waals surface area contributed by atoms with Crippen LogP contribution in [0.25, 0.3) is 23.0 Å². The van der Waals surface area contributed by atoms with Gasteiger partial charge in [-0.3, -0.25) is 24.6 Å². The highest BCUT2D eigenvalue weighted by Gasteiger charge is 2.39. The van der Waals surface area contributed by atoms with Gasteiger partial charge in [0.1, 0.15) is 17.3 Å². The van der Waals surface area contributed by atoms with E-state index in [0.29, 0.717) is 16.8 Å². The van der Waals surface area contributed by atoms with Crippen LogP contribution in [0, 0.1) is 21.4 Å². The highest BCUT2D eigenvalue weighted by Crippen LogP contribution is 2.37. The zero-order valence-electron chi connectivity index (χ0n) is 23.0. The third-order valence-corrected chi connectivity index (χ3v) is 7.15. The van der Waals surface area contributed by atoms with E-state index in [4.69, 9.17) is 9.84 Å². The standard InChI is InChI=1S/C32H25N5O5/c1-20-26(31(38)36(32(39)27(20)18-33)21(2)22-10-6-4-7-11-22)16-24-19-35(25-12-8-5-9-13-25)34-30(24)23-14-15-29(42-3)28(17-23)37(40)41/h4-17,19,21H,1-3H3/b26-16+. The van der Waals surface area contributed by atoms with Gasteiger partial charge in [-0.15, -0.1) is 0 Å². The number of aromatic nitrogens is 2. The van der Waals surface area contributed by atoms with Gasteiger partial charge in [-0.05, 0) is 55.3 Å². The molecule has 1 aromatic heterocycles. The molecule has 2 heterocycles. The third-order valence-electron chi connectivity index (χ3n) is 7.15. The number of rotatable bonds is 7. The molecule has 1 aliphatic heterocycles. The van der Waals surface area contributed by atoms with E-state index >= 15 is 0 Å². The second-order valence-electron chi connectivity index (χ2n) is 9.59. The number of nitriles is 1. The molecule has 0 saturated carbocycles. The summed E-state index contributed by atoms with van der Waals surface area (Å²) in [5.41, 5.74) is 2.69. The normalized spacial score (nSPS) is 15.1. The number of benzene rings is 3. The summed E-state index contributed by atoms with van der Waals surface area (Å²) in [5, 5.41) is 26.4. The molecule has 0 fully saturated rings. The number of carbonyl (C=O) groups is 2. The number of hydrogen-bond donors (Lipinski definition) is 0. The van der Waals surface area contributed by atoms with Crippen molar-refractivity contribution in [1.29, 1.82) is 5.26 Å². The maximum absolute atomic E-state index is 13.9. The van der Waals surface area contributed by atoms with Crippen LogP contribution >= 0.6 is 0 Å². The number of nitrogens with zero attached hydrogens (tertiary/aromatic N) is 5. The first-order chi connectivity index (χ1) is 20.2. The fourth-order valence-electron chi connectivity index (χ4n) is 4.90. The number of nitro groups is 1. The van der Waals surface area contributed by atoms with E-state index in [0.717, 1.165) is 16.2 Å². The van der Waals surface area contributed by atoms with Gasteiger partial charge in [0.15, 0.2) is 5.75 Å². The predicted octanol–water partition coefficient (Wildman–Crippen LogP) is 5.81.